The summed E-state index contributed by atoms with van der Waals surface area (Å²) in [4.78, 5) is 14.0. The third kappa shape index (κ3) is 2.54. The molecule has 0 bridgehead atoms. The van der Waals surface area contributed by atoms with Crippen molar-refractivity contribution >= 4 is 17.5 Å². The monoisotopic (exact) mass is 238 g/mol. The van der Waals surface area contributed by atoms with Crippen LogP contribution in [-0.4, -0.2) is 36.5 Å². The van der Waals surface area contributed by atoms with Gasteiger partial charge in [-0.1, -0.05) is 17.7 Å². The second-order valence-corrected chi connectivity index (χ2v) is 4.55. The number of carbonyl (C=O) groups is 1. The molecule has 0 spiro atoms. The molecule has 16 heavy (non-hydrogen) atoms. The zero-order chi connectivity index (χ0) is 11.5. The van der Waals surface area contributed by atoms with Crippen LogP contribution in [-0.2, 0) is 0 Å². The molecule has 1 aliphatic rings. The van der Waals surface area contributed by atoms with Crippen LogP contribution in [0.15, 0.2) is 24.3 Å². The Hall–Kier alpha value is -1.06. The van der Waals surface area contributed by atoms with Crippen molar-refractivity contribution < 1.29 is 4.79 Å². The number of carbonyl (C=O) groups excluding carboxylic acids is 1. The Labute approximate surface area is 100 Å². The fourth-order valence-corrected chi connectivity index (χ4v) is 2.11. The lowest BCUT2D eigenvalue weighted by Crippen LogP contribution is -2.51. The van der Waals surface area contributed by atoms with Crippen molar-refractivity contribution in [2.75, 3.05) is 19.6 Å². The highest BCUT2D eigenvalue weighted by molar-refractivity contribution is 6.30. The van der Waals surface area contributed by atoms with Gasteiger partial charge in [-0.25, -0.2) is 0 Å². The Morgan fingerprint density at radius 1 is 1.56 bits per heavy atom. The Bertz CT molecular complexity index is 394. The van der Waals surface area contributed by atoms with Crippen molar-refractivity contribution in [1.82, 2.24) is 10.2 Å². The molecule has 1 aromatic rings. The van der Waals surface area contributed by atoms with Gasteiger partial charge in [-0.15, -0.1) is 0 Å². The maximum Gasteiger partial charge on any atom is 0.254 e. The van der Waals surface area contributed by atoms with Crippen LogP contribution in [0.25, 0.3) is 0 Å². The van der Waals surface area contributed by atoms with Crippen LogP contribution in [0.5, 0.6) is 0 Å². The standard InChI is InChI=1S/C12H15ClN2O/c1-9-8-15(6-5-14-9)12(16)10-3-2-4-11(13)7-10/h2-4,7,9,14H,5-6,8H2,1H3/t9-/m0/s1. The molecular weight excluding hydrogens is 224 g/mol. The highest BCUT2D eigenvalue weighted by Crippen LogP contribution is 2.13. The van der Waals surface area contributed by atoms with E-state index < -0.39 is 0 Å². The Kier molecular flexibility index (Phi) is 3.46. The molecule has 1 heterocycles. The van der Waals surface area contributed by atoms with Crippen LogP contribution >= 0.6 is 11.6 Å². The average Bonchev–Trinajstić information content (AvgIpc) is 2.28. The van der Waals surface area contributed by atoms with Gasteiger partial charge in [0.2, 0.25) is 0 Å². The van der Waals surface area contributed by atoms with Crippen LogP contribution in [0.4, 0.5) is 0 Å². The molecule has 1 aliphatic heterocycles. The summed E-state index contributed by atoms with van der Waals surface area (Å²) in [5.74, 6) is 0.0656. The van der Waals surface area contributed by atoms with E-state index in [2.05, 4.69) is 12.2 Å². The SMILES string of the molecule is C[C@H]1CN(C(=O)c2cccc(Cl)c2)CCN1. The predicted octanol–water partition coefficient (Wildman–Crippen LogP) is 1.77. The summed E-state index contributed by atoms with van der Waals surface area (Å²) in [6, 6.07) is 7.47. The van der Waals surface area contributed by atoms with Gasteiger partial charge >= 0.3 is 0 Å². The maximum atomic E-state index is 12.1. The summed E-state index contributed by atoms with van der Waals surface area (Å²) >= 11 is 5.87. The third-order valence-electron chi connectivity index (χ3n) is 2.73. The van der Waals surface area contributed by atoms with Crippen molar-refractivity contribution in [1.29, 1.82) is 0 Å². The van der Waals surface area contributed by atoms with Crippen LogP contribution < -0.4 is 5.32 Å². The minimum atomic E-state index is 0.0656. The highest BCUT2D eigenvalue weighted by atomic mass is 35.5. The summed E-state index contributed by atoms with van der Waals surface area (Å²) in [7, 11) is 0. The van der Waals surface area contributed by atoms with Gasteiger partial charge in [0.15, 0.2) is 0 Å². The summed E-state index contributed by atoms with van der Waals surface area (Å²) in [5.41, 5.74) is 0.668. The zero-order valence-electron chi connectivity index (χ0n) is 9.24. The van der Waals surface area contributed by atoms with Gasteiger partial charge in [-0.05, 0) is 25.1 Å². The number of piperazine rings is 1. The van der Waals surface area contributed by atoms with E-state index in [0.717, 1.165) is 19.6 Å². The van der Waals surface area contributed by atoms with Gasteiger partial charge in [0.25, 0.3) is 5.91 Å². The van der Waals surface area contributed by atoms with Gasteiger partial charge in [0.05, 0.1) is 0 Å². The van der Waals surface area contributed by atoms with Gasteiger partial charge in [0.1, 0.15) is 0 Å². The first-order valence-corrected chi connectivity index (χ1v) is 5.83. The Morgan fingerprint density at radius 2 is 2.38 bits per heavy atom. The molecule has 0 unspecified atom stereocenters. The number of amides is 1. The Balaban J connectivity index is 2.12. The first kappa shape index (κ1) is 11.4. The molecule has 3 nitrogen and oxygen atoms in total. The van der Waals surface area contributed by atoms with Gasteiger partial charge in [0, 0.05) is 36.3 Å². The van der Waals surface area contributed by atoms with Crippen molar-refractivity contribution in [3.63, 3.8) is 0 Å². The lowest BCUT2D eigenvalue weighted by atomic mass is 10.1. The van der Waals surface area contributed by atoms with Crippen molar-refractivity contribution in [3.05, 3.63) is 34.9 Å². The van der Waals surface area contributed by atoms with E-state index in [1.165, 1.54) is 0 Å². The van der Waals surface area contributed by atoms with Crippen LogP contribution in [0, 0.1) is 0 Å². The lowest BCUT2D eigenvalue weighted by molar-refractivity contribution is 0.0709. The molecule has 0 aromatic heterocycles. The topological polar surface area (TPSA) is 32.3 Å². The number of nitrogens with one attached hydrogen (secondary N) is 1. The molecule has 0 saturated carbocycles. The first-order chi connectivity index (χ1) is 7.66. The minimum Gasteiger partial charge on any atom is -0.336 e. The van der Waals surface area contributed by atoms with E-state index in [4.69, 9.17) is 11.6 Å². The molecule has 1 atom stereocenters. The van der Waals surface area contributed by atoms with E-state index in [0.29, 0.717) is 16.6 Å². The highest BCUT2D eigenvalue weighted by Gasteiger charge is 2.21. The fourth-order valence-electron chi connectivity index (χ4n) is 1.92. The quantitative estimate of drug-likeness (QED) is 0.809. The molecule has 1 fully saturated rings. The summed E-state index contributed by atoms with van der Waals surface area (Å²) in [5, 5.41) is 3.92. The summed E-state index contributed by atoms with van der Waals surface area (Å²) in [6.07, 6.45) is 0. The van der Waals surface area contributed by atoms with Gasteiger partial charge < -0.3 is 10.2 Å². The van der Waals surface area contributed by atoms with Gasteiger partial charge in [-0.3, -0.25) is 4.79 Å². The molecule has 1 aromatic carbocycles. The van der Waals surface area contributed by atoms with E-state index in [9.17, 15) is 4.79 Å². The lowest BCUT2D eigenvalue weighted by Gasteiger charge is -2.32. The smallest absolute Gasteiger partial charge is 0.254 e. The number of hydrogen-bond donors (Lipinski definition) is 1. The summed E-state index contributed by atoms with van der Waals surface area (Å²) < 4.78 is 0. The largest absolute Gasteiger partial charge is 0.336 e. The van der Waals surface area contributed by atoms with Crippen LogP contribution in [0.2, 0.25) is 5.02 Å². The van der Waals surface area contributed by atoms with E-state index >= 15 is 0 Å². The molecular formula is C12H15ClN2O. The minimum absolute atomic E-state index is 0.0656. The van der Waals surface area contributed by atoms with Gasteiger partial charge in [-0.2, -0.15) is 0 Å². The molecule has 1 saturated heterocycles. The van der Waals surface area contributed by atoms with E-state index in [-0.39, 0.29) is 5.91 Å². The van der Waals surface area contributed by atoms with Crippen molar-refractivity contribution in [2.24, 2.45) is 0 Å². The molecule has 2 rings (SSSR count). The number of halogens is 1. The second kappa shape index (κ2) is 4.85. The van der Waals surface area contributed by atoms with Crippen molar-refractivity contribution in [2.45, 2.75) is 13.0 Å². The molecule has 1 N–H and O–H groups in total. The maximum absolute atomic E-state index is 12.1. The summed E-state index contributed by atoms with van der Waals surface area (Å²) in [6.45, 7) is 4.45. The number of nitrogens with zero attached hydrogens (tertiary/aromatic N) is 1. The molecule has 0 aliphatic carbocycles. The zero-order valence-corrected chi connectivity index (χ0v) is 10.00. The van der Waals surface area contributed by atoms with Crippen LogP contribution in [0.3, 0.4) is 0 Å². The number of hydrogen-bond acceptors (Lipinski definition) is 2. The number of rotatable bonds is 1. The number of benzene rings is 1. The fraction of sp³-hybridized carbons (Fsp3) is 0.417. The van der Waals surface area contributed by atoms with E-state index in [1.54, 1.807) is 24.3 Å². The van der Waals surface area contributed by atoms with Crippen LogP contribution in [0.1, 0.15) is 17.3 Å². The third-order valence-corrected chi connectivity index (χ3v) is 2.96. The van der Waals surface area contributed by atoms with Crippen molar-refractivity contribution in [3.8, 4) is 0 Å². The normalized spacial score (nSPS) is 20.9. The average molecular weight is 239 g/mol. The first-order valence-electron chi connectivity index (χ1n) is 5.45. The second-order valence-electron chi connectivity index (χ2n) is 4.12. The molecule has 1 amide bonds. The van der Waals surface area contributed by atoms with E-state index in [1.807, 2.05) is 4.90 Å². The predicted molar refractivity (Wildman–Crippen MR) is 64.8 cm³/mol. The molecule has 0 radical (unpaired) electrons. The molecule has 4 heteroatoms. The molecule has 86 valence electrons. The Morgan fingerprint density at radius 3 is 3.06 bits per heavy atom.